The van der Waals surface area contributed by atoms with E-state index in [-0.39, 0.29) is 11.9 Å². The summed E-state index contributed by atoms with van der Waals surface area (Å²) < 4.78 is 5.22. The van der Waals surface area contributed by atoms with E-state index in [1.807, 2.05) is 36.4 Å². The lowest BCUT2D eigenvalue weighted by Gasteiger charge is -2.11. The van der Waals surface area contributed by atoms with Crippen LogP contribution in [-0.2, 0) is 17.6 Å². The Bertz CT molecular complexity index is 969. The standard InChI is InChI=1S/C19H19ClN4O2/c1-26-13-3-5-15-16(10-13)24-18(23-15)6-7-21-19(25)17-9-11-8-12(20)2-4-14(11)22-17/h2-5,8,10,17,22H,6-7,9H2,1H3,(H,21,25)(H,23,24)/t17-/m1/s1. The van der Waals surface area contributed by atoms with Gasteiger partial charge in [0.25, 0.3) is 0 Å². The summed E-state index contributed by atoms with van der Waals surface area (Å²) in [4.78, 5) is 20.2. The van der Waals surface area contributed by atoms with E-state index < -0.39 is 0 Å². The van der Waals surface area contributed by atoms with E-state index in [2.05, 4.69) is 20.6 Å². The average Bonchev–Trinajstić information content (AvgIpc) is 3.23. The van der Waals surface area contributed by atoms with Crippen molar-refractivity contribution in [1.82, 2.24) is 15.3 Å². The average molecular weight is 371 g/mol. The first-order valence-electron chi connectivity index (χ1n) is 8.48. The maximum absolute atomic E-state index is 12.4. The predicted molar refractivity (Wildman–Crippen MR) is 102 cm³/mol. The SMILES string of the molecule is COc1ccc2nc(CCNC(=O)[C@H]3Cc4cc(Cl)ccc4N3)[nH]c2c1. The highest BCUT2D eigenvalue weighted by molar-refractivity contribution is 6.30. The van der Waals surface area contributed by atoms with E-state index in [1.165, 1.54) is 0 Å². The zero-order valence-electron chi connectivity index (χ0n) is 14.3. The predicted octanol–water partition coefficient (Wildman–Crippen LogP) is 2.92. The third kappa shape index (κ3) is 3.32. The van der Waals surface area contributed by atoms with Crippen LogP contribution in [-0.4, -0.2) is 35.6 Å². The highest BCUT2D eigenvalue weighted by Gasteiger charge is 2.26. The molecule has 3 N–H and O–H groups in total. The fourth-order valence-corrected chi connectivity index (χ4v) is 3.40. The molecule has 2 heterocycles. The third-order valence-electron chi connectivity index (χ3n) is 4.54. The Labute approximate surface area is 155 Å². The van der Waals surface area contributed by atoms with Gasteiger partial charge >= 0.3 is 0 Å². The molecule has 4 rings (SSSR count). The number of carbonyl (C=O) groups excluding carboxylic acids is 1. The number of halogens is 1. The Morgan fingerprint density at radius 2 is 2.23 bits per heavy atom. The van der Waals surface area contributed by atoms with E-state index >= 15 is 0 Å². The van der Waals surface area contributed by atoms with Gasteiger partial charge in [-0.3, -0.25) is 4.79 Å². The molecule has 26 heavy (non-hydrogen) atoms. The Morgan fingerprint density at radius 1 is 1.35 bits per heavy atom. The van der Waals surface area contributed by atoms with Crippen LogP contribution < -0.4 is 15.4 Å². The lowest BCUT2D eigenvalue weighted by molar-refractivity contribution is -0.121. The van der Waals surface area contributed by atoms with Crippen LogP contribution in [0.25, 0.3) is 11.0 Å². The van der Waals surface area contributed by atoms with Crippen molar-refractivity contribution in [3.63, 3.8) is 0 Å². The minimum absolute atomic E-state index is 0.0184. The van der Waals surface area contributed by atoms with Gasteiger partial charge in [0.05, 0.1) is 18.1 Å². The second kappa shape index (κ2) is 6.88. The molecule has 0 unspecified atom stereocenters. The van der Waals surface area contributed by atoms with Gasteiger partial charge in [0.15, 0.2) is 0 Å². The summed E-state index contributed by atoms with van der Waals surface area (Å²) in [6, 6.07) is 11.1. The number of aromatic amines is 1. The molecule has 2 aromatic carbocycles. The van der Waals surface area contributed by atoms with E-state index in [9.17, 15) is 4.79 Å². The molecule has 0 saturated carbocycles. The van der Waals surface area contributed by atoms with Crippen LogP contribution in [0, 0.1) is 0 Å². The molecule has 0 fully saturated rings. The largest absolute Gasteiger partial charge is 0.497 e. The van der Waals surface area contributed by atoms with Gasteiger partial charge in [-0.2, -0.15) is 0 Å². The Morgan fingerprint density at radius 3 is 3.08 bits per heavy atom. The highest BCUT2D eigenvalue weighted by Crippen LogP contribution is 2.28. The third-order valence-corrected chi connectivity index (χ3v) is 4.77. The topological polar surface area (TPSA) is 79.0 Å². The Kier molecular flexibility index (Phi) is 4.42. The smallest absolute Gasteiger partial charge is 0.242 e. The monoisotopic (exact) mass is 370 g/mol. The fourth-order valence-electron chi connectivity index (χ4n) is 3.20. The number of methoxy groups -OCH3 is 1. The van der Waals surface area contributed by atoms with Crippen LogP contribution in [0.3, 0.4) is 0 Å². The number of rotatable bonds is 5. The van der Waals surface area contributed by atoms with Gasteiger partial charge in [-0.1, -0.05) is 11.6 Å². The quantitative estimate of drug-likeness (QED) is 0.645. The molecule has 7 heteroatoms. The number of H-pyrrole nitrogens is 1. The fraction of sp³-hybridized carbons (Fsp3) is 0.263. The van der Waals surface area contributed by atoms with E-state index in [0.29, 0.717) is 24.4 Å². The summed E-state index contributed by atoms with van der Waals surface area (Å²) in [5.41, 5.74) is 3.86. The lowest BCUT2D eigenvalue weighted by atomic mass is 10.1. The van der Waals surface area contributed by atoms with Gasteiger partial charge in [0.2, 0.25) is 5.91 Å². The molecule has 1 atom stereocenters. The number of anilines is 1. The van der Waals surface area contributed by atoms with Gasteiger partial charge in [0, 0.05) is 36.2 Å². The second-order valence-electron chi connectivity index (χ2n) is 6.31. The van der Waals surface area contributed by atoms with Crippen molar-refractivity contribution in [3.05, 3.63) is 52.8 Å². The first kappa shape index (κ1) is 16.7. The number of benzene rings is 2. The van der Waals surface area contributed by atoms with Crippen LogP contribution in [0.2, 0.25) is 5.02 Å². The number of nitrogens with one attached hydrogen (secondary N) is 3. The van der Waals surface area contributed by atoms with Crippen LogP contribution >= 0.6 is 11.6 Å². The van der Waals surface area contributed by atoms with Crippen molar-refractivity contribution in [3.8, 4) is 5.75 Å². The maximum atomic E-state index is 12.4. The normalized spacial score (nSPS) is 15.5. The molecule has 0 aliphatic carbocycles. The minimum Gasteiger partial charge on any atom is -0.497 e. The van der Waals surface area contributed by atoms with Crippen molar-refractivity contribution < 1.29 is 9.53 Å². The van der Waals surface area contributed by atoms with Crippen LogP contribution in [0.15, 0.2) is 36.4 Å². The first-order chi connectivity index (χ1) is 12.6. The summed E-state index contributed by atoms with van der Waals surface area (Å²) in [5, 5.41) is 6.89. The van der Waals surface area contributed by atoms with Crippen molar-refractivity contribution in [2.75, 3.05) is 19.0 Å². The summed E-state index contributed by atoms with van der Waals surface area (Å²) >= 11 is 6.01. The molecule has 3 aromatic rings. The maximum Gasteiger partial charge on any atom is 0.242 e. The van der Waals surface area contributed by atoms with Gasteiger partial charge in [-0.05, 0) is 35.9 Å². The van der Waals surface area contributed by atoms with Crippen LogP contribution in [0.4, 0.5) is 5.69 Å². The van der Waals surface area contributed by atoms with E-state index in [1.54, 1.807) is 7.11 Å². The number of carbonyl (C=O) groups is 1. The lowest BCUT2D eigenvalue weighted by Crippen LogP contribution is -2.39. The number of nitrogens with zero attached hydrogens (tertiary/aromatic N) is 1. The molecule has 0 spiro atoms. The number of aromatic nitrogens is 2. The molecular formula is C19H19ClN4O2. The van der Waals surface area contributed by atoms with Gasteiger partial charge in [-0.15, -0.1) is 0 Å². The Hall–Kier alpha value is -2.73. The molecule has 6 nitrogen and oxygen atoms in total. The van der Waals surface area contributed by atoms with Crippen molar-refractivity contribution in [1.29, 1.82) is 0 Å². The number of fused-ring (bicyclic) bond motifs is 2. The van der Waals surface area contributed by atoms with Gasteiger partial charge < -0.3 is 20.4 Å². The van der Waals surface area contributed by atoms with E-state index in [4.69, 9.17) is 16.3 Å². The zero-order chi connectivity index (χ0) is 18.1. The highest BCUT2D eigenvalue weighted by atomic mass is 35.5. The molecule has 1 amide bonds. The van der Waals surface area contributed by atoms with E-state index in [0.717, 1.165) is 33.9 Å². The molecule has 0 saturated heterocycles. The molecule has 134 valence electrons. The first-order valence-corrected chi connectivity index (χ1v) is 8.85. The summed E-state index contributed by atoms with van der Waals surface area (Å²) in [6.07, 6.45) is 1.28. The summed E-state index contributed by atoms with van der Waals surface area (Å²) in [6.45, 7) is 0.519. The minimum atomic E-state index is -0.261. The van der Waals surface area contributed by atoms with Crippen molar-refractivity contribution >= 4 is 34.2 Å². The number of hydrogen-bond acceptors (Lipinski definition) is 4. The van der Waals surface area contributed by atoms with Crippen LogP contribution in [0.1, 0.15) is 11.4 Å². The molecule has 1 aromatic heterocycles. The molecule has 1 aliphatic heterocycles. The molecular weight excluding hydrogens is 352 g/mol. The Balaban J connectivity index is 1.33. The van der Waals surface area contributed by atoms with Gasteiger partial charge in [0.1, 0.15) is 17.6 Å². The molecule has 0 bridgehead atoms. The summed E-state index contributed by atoms with van der Waals surface area (Å²) in [7, 11) is 1.64. The van der Waals surface area contributed by atoms with Gasteiger partial charge in [-0.25, -0.2) is 4.98 Å². The second-order valence-corrected chi connectivity index (χ2v) is 6.75. The number of ether oxygens (including phenoxy) is 1. The van der Waals surface area contributed by atoms with Crippen molar-refractivity contribution in [2.24, 2.45) is 0 Å². The van der Waals surface area contributed by atoms with Crippen LogP contribution in [0.5, 0.6) is 5.75 Å². The zero-order valence-corrected chi connectivity index (χ0v) is 15.1. The summed E-state index contributed by atoms with van der Waals surface area (Å²) in [5.74, 6) is 1.60. The number of imidazole rings is 1. The molecule has 0 radical (unpaired) electrons. The number of hydrogen-bond donors (Lipinski definition) is 3. The van der Waals surface area contributed by atoms with Crippen molar-refractivity contribution in [2.45, 2.75) is 18.9 Å². The number of amides is 1. The molecule has 1 aliphatic rings.